The monoisotopic (exact) mass is 262 g/mol. The Bertz CT molecular complexity index is 511. The van der Waals surface area contributed by atoms with Crippen molar-refractivity contribution >= 4 is 0 Å². The van der Waals surface area contributed by atoms with Crippen molar-refractivity contribution in [3.05, 3.63) is 47.3 Å². The van der Waals surface area contributed by atoms with Gasteiger partial charge in [0.05, 0.1) is 0 Å². The summed E-state index contributed by atoms with van der Waals surface area (Å²) in [5, 5.41) is 7.02. The first kappa shape index (κ1) is 13.6. The van der Waals surface area contributed by atoms with Crippen LogP contribution in [0, 0.1) is 0 Å². The van der Waals surface area contributed by atoms with E-state index in [1.54, 1.807) is 7.11 Å². The Morgan fingerprint density at radius 3 is 2.95 bits per heavy atom. The number of ether oxygens (including phenoxy) is 2. The highest BCUT2D eigenvalue weighted by molar-refractivity contribution is 5.28. The SMILES string of the molecule is CNCc1cccc(OCc2cc(COC)on2)c1. The second-order valence-electron chi connectivity index (χ2n) is 4.18. The molecule has 0 bridgehead atoms. The molecule has 0 unspecified atom stereocenters. The van der Waals surface area contributed by atoms with Gasteiger partial charge in [-0.15, -0.1) is 0 Å². The van der Waals surface area contributed by atoms with E-state index >= 15 is 0 Å². The summed E-state index contributed by atoms with van der Waals surface area (Å²) < 4.78 is 15.7. The van der Waals surface area contributed by atoms with E-state index in [0.29, 0.717) is 19.0 Å². The molecule has 0 aliphatic carbocycles. The maximum Gasteiger partial charge on any atom is 0.162 e. The van der Waals surface area contributed by atoms with Crippen molar-refractivity contribution < 1.29 is 14.0 Å². The van der Waals surface area contributed by atoms with Crippen LogP contribution in [0.1, 0.15) is 17.0 Å². The van der Waals surface area contributed by atoms with Gasteiger partial charge < -0.3 is 19.3 Å². The van der Waals surface area contributed by atoms with Crippen molar-refractivity contribution in [2.24, 2.45) is 0 Å². The number of hydrogen-bond donors (Lipinski definition) is 1. The van der Waals surface area contributed by atoms with Crippen LogP contribution in [0.5, 0.6) is 5.75 Å². The van der Waals surface area contributed by atoms with Crippen LogP contribution in [0.4, 0.5) is 0 Å². The molecule has 19 heavy (non-hydrogen) atoms. The van der Waals surface area contributed by atoms with Gasteiger partial charge in [0.25, 0.3) is 0 Å². The van der Waals surface area contributed by atoms with Crippen LogP contribution in [0.3, 0.4) is 0 Å². The van der Waals surface area contributed by atoms with E-state index in [9.17, 15) is 0 Å². The molecule has 0 amide bonds. The molecule has 1 heterocycles. The van der Waals surface area contributed by atoms with Crippen molar-refractivity contribution in [2.75, 3.05) is 14.2 Å². The lowest BCUT2D eigenvalue weighted by atomic mass is 10.2. The van der Waals surface area contributed by atoms with Crippen molar-refractivity contribution in [3.8, 4) is 5.75 Å². The molecular weight excluding hydrogens is 244 g/mol. The zero-order valence-corrected chi connectivity index (χ0v) is 11.2. The molecule has 1 N–H and O–H groups in total. The maximum absolute atomic E-state index is 5.68. The van der Waals surface area contributed by atoms with E-state index < -0.39 is 0 Å². The molecule has 0 aliphatic rings. The van der Waals surface area contributed by atoms with Crippen LogP contribution < -0.4 is 10.1 Å². The van der Waals surface area contributed by atoms with Gasteiger partial charge in [-0.1, -0.05) is 17.3 Å². The van der Waals surface area contributed by atoms with Crippen molar-refractivity contribution in [3.63, 3.8) is 0 Å². The number of hydrogen-bond acceptors (Lipinski definition) is 5. The average molecular weight is 262 g/mol. The van der Waals surface area contributed by atoms with E-state index in [1.807, 2.05) is 31.3 Å². The predicted molar refractivity (Wildman–Crippen MR) is 70.8 cm³/mol. The fourth-order valence-electron chi connectivity index (χ4n) is 1.74. The topological polar surface area (TPSA) is 56.5 Å². The second kappa shape index (κ2) is 6.92. The minimum Gasteiger partial charge on any atom is -0.487 e. The van der Waals surface area contributed by atoms with Crippen LogP contribution in [0.2, 0.25) is 0 Å². The average Bonchev–Trinajstić information content (AvgIpc) is 2.86. The molecule has 1 aromatic carbocycles. The summed E-state index contributed by atoms with van der Waals surface area (Å²) >= 11 is 0. The standard InChI is InChI=1S/C14H18N2O3/c1-15-8-11-4-3-5-13(6-11)18-9-12-7-14(10-17-2)19-16-12/h3-7,15H,8-10H2,1-2H3. The Labute approximate surface area is 112 Å². The summed E-state index contributed by atoms with van der Waals surface area (Å²) in [4.78, 5) is 0. The van der Waals surface area contributed by atoms with E-state index in [2.05, 4.69) is 16.5 Å². The lowest BCUT2D eigenvalue weighted by Gasteiger charge is -2.06. The zero-order valence-electron chi connectivity index (χ0n) is 11.2. The predicted octanol–water partition coefficient (Wildman–Crippen LogP) is 2.12. The summed E-state index contributed by atoms with van der Waals surface area (Å²) in [5.41, 5.74) is 1.94. The molecule has 2 rings (SSSR count). The Morgan fingerprint density at radius 1 is 1.26 bits per heavy atom. The Kier molecular flexibility index (Phi) is 4.94. The molecular formula is C14H18N2O3. The number of methoxy groups -OCH3 is 1. The fourth-order valence-corrected chi connectivity index (χ4v) is 1.74. The van der Waals surface area contributed by atoms with Crippen molar-refractivity contribution in [1.29, 1.82) is 0 Å². The number of rotatable bonds is 7. The molecule has 102 valence electrons. The normalized spacial score (nSPS) is 10.6. The molecule has 0 radical (unpaired) electrons. The van der Waals surface area contributed by atoms with Crippen LogP contribution in [-0.4, -0.2) is 19.3 Å². The smallest absolute Gasteiger partial charge is 0.162 e. The minimum absolute atomic E-state index is 0.385. The number of nitrogens with zero attached hydrogens (tertiary/aromatic N) is 1. The van der Waals surface area contributed by atoms with E-state index in [1.165, 1.54) is 5.56 Å². The maximum atomic E-state index is 5.68. The number of nitrogens with one attached hydrogen (secondary N) is 1. The number of aromatic nitrogens is 1. The second-order valence-corrected chi connectivity index (χ2v) is 4.18. The highest BCUT2D eigenvalue weighted by atomic mass is 16.5. The van der Waals surface area contributed by atoms with E-state index in [0.717, 1.165) is 18.0 Å². The summed E-state index contributed by atoms with van der Waals surface area (Å²) in [5.74, 6) is 1.52. The number of benzene rings is 1. The first-order valence-corrected chi connectivity index (χ1v) is 6.11. The molecule has 5 heteroatoms. The molecule has 0 spiro atoms. The third-order valence-electron chi connectivity index (χ3n) is 2.56. The third-order valence-corrected chi connectivity index (χ3v) is 2.56. The summed E-state index contributed by atoms with van der Waals surface area (Å²) in [6.45, 7) is 1.63. The molecule has 2 aromatic rings. The molecule has 0 aliphatic heterocycles. The van der Waals surface area contributed by atoms with Gasteiger partial charge in [-0.2, -0.15) is 0 Å². The molecule has 0 saturated heterocycles. The third kappa shape index (κ3) is 4.08. The lowest BCUT2D eigenvalue weighted by Crippen LogP contribution is -2.05. The first-order valence-electron chi connectivity index (χ1n) is 6.11. The molecule has 1 aromatic heterocycles. The molecule has 0 atom stereocenters. The van der Waals surface area contributed by atoms with Gasteiger partial charge in [0, 0.05) is 19.7 Å². The van der Waals surface area contributed by atoms with Crippen LogP contribution in [0.15, 0.2) is 34.9 Å². The largest absolute Gasteiger partial charge is 0.487 e. The summed E-state index contributed by atoms with van der Waals surface area (Å²) in [6, 6.07) is 9.79. The zero-order chi connectivity index (χ0) is 13.5. The Morgan fingerprint density at radius 2 is 2.16 bits per heavy atom. The van der Waals surface area contributed by atoms with E-state index in [4.69, 9.17) is 14.0 Å². The molecule has 0 saturated carbocycles. The van der Waals surface area contributed by atoms with Gasteiger partial charge in [-0.25, -0.2) is 0 Å². The van der Waals surface area contributed by atoms with Crippen molar-refractivity contribution in [1.82, 2.24) is 10.5 Å². The van der Waals surface area contributed by atoms with Crippen molar-refractivity contribution in [2.45, 2.75) is 19.8 Å². The molecule has 5 nitrogen and oxygen atoms in total. The van der Waals surface area contributed by atoms with Crippen LogP contribution >= 0.6 is 0 Å². The lowest BCUT2D eigenvalue weighted by molar-refractivity contribution is 0.155. The van der Waals surface area contributed by atoms with E-state index in [-0.39, 0.29) is 0 Å². The van der Waals surface area contributed by atoms with Crippen LogP contribution in [-0.2, 0) is 24.5 Å². The van der Waals surface area contributed by atoms with Gasteiger partial charge in [-0.3, -0.25) is 0 Å². The summed E-state index contributed by atoms with van der Waals surface area (Å²) in [6.07, 6.45) is 0. The fraction of sp³-hybridized carbons (Fsp3) is 0.357. The van der Waals surface area contributed by atoms with Gasteiger partial charge in [0.2, 0.25) is 0 Å². The highest BCUT2D eigenvalue weighted by Gasteiger charge is 2.05. The van der Waals surface area contributed by atoms with Gasteiger partial charge in [0.15, 0.2) is 5.76 Å². The van der Waals surface area contributed by atoms with Crippen LogP contribution in [0.25, 0.3) is 0 Å². The Hall–Kier alpha value is -1.85. The quantitative estimate of drug-likeness (QED) is 0.828. The minimum atomic E-state index is 0.385. The first-order chi connectivity index (χ1) is 9.31. The van der Waals surface area contributed by atoms with Gasteiger partial charge in [-0.05, 0) is 24.7 Å². The van der Waals surface area contributed by atoms with Gasteiger partial charge in [0.1, 0.15) is 24.7 Å². The highest BCUT2D eigenvalue weighted by Crippen LogP contribution is 2.15. The van der Waals surface area contributed by atoms with Gasteiger partial charge >= 0.3 is 0 Å². The Balaban J connectivity index is 1.91. The summed E-state index contributed by atoms with van der Waals surface area (Å²) in [7, 11) is 3.53. The molecule has 0 fully saturated rings.